The first-order valence-electron chi connectivity index (χ1n) is 9.18. The largest absolute Gasteiger partial charge is 0.457 e. The van der Waals surface area contributed by atoms with Gasteiger partial charge in [0.15, 0.2) is 0 Å². The van der Waals surface area contributed by atoms with E-state index < -0.39 is 21.8 Å². The summed E-state index contributed by atoms with van der Waals surface area (Å²) in [7, 11) is -3.52. The Balaban J connectivity index is 1.97. The molecule has 1 aliphatic rings. The fourth-order valence-corrected chi connectivity index (χ4v) is 4.04. The van der Waals surface area contributed by atoms with Gasteiger partial charge in [0.1, 0.15) is 11.5 Å². The van der Waals surface area contributed by atoms with Crippen LogP contribution < -0.4 is 9.46 Å². The third-order valence-corrected chi connectivity index (χ3v) is 5.35. The van der Waals surface area contributed by atoms with Crippen molar-refractivity contribution in [1.82, 2.24) is 4.90 Å². The number of benzene rings is 2. The van der Waals surface area contributed by atoms with Crippen molar-refractivity contribution in [2.24, 2.45) is 0 Å². The quantitative estimate of drug-likeness (QED) is 0.737. The molecule has 2 aromatic carbocycles. The number of hydrogen-bond acceptors (Lipinski definition) is 4. The number of rotatable bonds is 5. The van der Waals surface area contributed by atoms with Gasteiger partial charge in [-0.05, 0) is 55.3 Å². The lowest BCUT2D eigenvalue weighted by Gasteiger charge is -2.26. The Labute approximate surface area is 172 Å². The fraction of sp³-hybridized carbons (Fsp3) is 0.350. The number of halogens is 3. The maximum Gasteiger partial charge on any atom is 0.416 e. The highest BCUT2D eigenvalue weighted by atomic mass is 32.2. The molecule has 1 N–H and O–H groups in total. The Morgan fingerprint density at radius 2 is 1.83 bits per heavy atom. The molecule has 1 fully saturated rings. The topological polar surface area (TPSA) is 75.7 Å². The van der Waals surface area contributed by atoms with Crippen LogP contribution in [0.4, 0.5) is 18.9 Å². The lowest BCUT2D eigenvalue weighted by atomic mass is 10.0. The van der Waals surface area contributed by atoms with Gasteiger partial charge >= 0.3 is 6.18 Å². The Hall–Kier alpha value is -2.75. The lowest BCUT2D eigenvalue weighted by molar-refractivity contribution is -0.137. The van der Waals surface area contributed by atoms with Crippen molar-refractivity contribution >= 4 is 21.6 Å². The number of carbonyl (C=O) groups is 1. The standard InChI is InChI=1S/C20H21F3N2O4S/c1-13(26)25-11-3-4-18(25)17-12-15(24-30(2,27)28)7-10-19(17)29-16-8-5-14(6-9-16)20(21,22)23/h5-10,12,18,24H,3-4,11H2,1-2H3. The van der Waals surface area contributed by atoms with E-state index in [4.69, 9.17) is 4.74 Å². The van der Waals surface area contributed by atoms with Gasteiger partial charge in [0.2, 0.25) is 15.9 Å². The molecule has 1 aliphatic heterocycles. The molecule has 0 aliphatic carbocycles. The van der Waals surface area contributed by atoms with Gasteiger partial charge in [-0.15, -0.1) is 0 Å². The van der Waals surface area contributed by atoms with Gasteiger partial charge in [-0.2, -0.15) is 13.2 Å². The van der Waals surface area contributed by atoms with Crippen LogP contribution in [0.25, 0.3) is 0 Å². The molecule has 1 unspecified atom stereocenters. The molecule has 1 amide bonds. The van der Waals surface area contributed by atoms with E-state index in [0.29, 0.717) is 30.0 Å². The number of likely N-dealkylation sites (tertiary alicyclic amines) is 1. The minimum atomic E-state index is -4.45. The second-order valence-electron chi connectivity index (χ2n) is 7.12. The molecule has 162 valence electrons. The van der Waals surface area contributed by atoms with Gasteiger partial charge < -0.3 is 9.64 Å². The highest BCUT2D eigenvalue weighted by Crippen LogP contribution is 2.40. The maximum absolute atomic E-state index is 12.8. The Kier molecular flexibility index (Phi) is 5.98. The summed E-state index contributed by atoms with van der Waals surface area (Å²) < 4.78 is 69.7. The molecule has 1 heterocycles. The monoisotopic (exact) mass is 442 g/mol. The first-order valence-corrected chi connectivity index (χ1v) is 11.1. The Bertz CT molecular complexity index is 1040. The van der Waals surface area contributed by atoms with Gasteiger partial charge in [-0.1, -0.05) is 0 Å². The third kappa shape index (κ3) is 5.24. The predicted molar refractivity (Wildman–Crippen MR) is 106 cm³/mol. The zero-order valence-electron chi connectivity index (χ0n) is 16.4. The summed E-state index contributed by atoms with van der Waals surface area (Å²) in [5, 5.41) is 0. The molecule has 30 heavy (non-hydrogen) atoms. The second kappa shape index (κ2) is 8.17. The zero-order chi connectivity index (χ0) is 22.1. The number of ether oxygens (including phenoxy) is 1. The summed E-state index contributed by atoms with van der Waals surface area (Å²) in [5.41, 5.74) is 0.0974. The van der Waals surface area contributed by atoms with Crippen LogP contribution in [-0.4, -0.2) is 32.0 Å². The summed E-state index contributed by atoms with van der Waals surface area (Å²) in [4.78, 5) is 13.7. The number of hydrogen-bond donors (Lipinski definition) is 1. The van der Waals surface area contributed by atoms with E-state index in [1.807, 2.05) is 0 Å². The zero-order valence-corrected chi connectivity index (χ0v) is 17.2. The van der Waals surface area contributed by atoms with Gasteiger partial charge in [0.25, 0.3) is 0 Å². The van der Waals surface area contributed by atoms with E-state index in [1.54, 1.807) is 11.0 Å². The number of anilines is 1. The maximum atomic E-state index is 12.8. The van der Waals surface area contributed by atoms with E-state index in [1.165, 1.54) is 31.2 Å². The normalized spacial score (nSPS) is 17.1. The first-order chi connectivity index (χ1) is 13.9. The molecule has 2 aromatic rings. The van der Waals surface area contributed by atoms with Crippen molar-refractivity contribution in [3.8, 4) is 11.5 Å². The second-order valence-corrected chi connectivity index (χ2v) is 8.87. The molecule has 0 radical (unpaired) electrons. The molecule has 0 aromatic heterocycles. The molecule has 6 nitrogen and oxygen atoms in total. The van der Waals surface area contributed by atoms with Crippen LogP contribution in [0, 0.1) is 0 Å². The van der Waals surface area contributed by atoms with Crippen molar-refractivity contribution in [2.45, 2.75) is 32.0 Å². The van der Waals surface area contributed by atoms with Crippen LogP contribution in [0.3, 0.4) is 0 Å². The van der Waals surface area contributed by atoms with E-state index >= 15 is 0 Å². The Morgan fingerprint density at radius 1 is 1.17 bits per heavy atom. The van der Waals surface area contributed by atoms with Crippen molar-refractivity contribution in [1.29, 1.82) is 0 Å². The fourth-order valence-electron chi connectivity index (χ4n) is 3.49. The SMILES string of the molecule is CC(=O)N1CCCC1c1cc(NS(C)(=O)=O)ccc1Oc1ccc(C(F)(F)F)cc1. The molecule has 0 spiro atoms. The van der Waals surface area contributed by atoms with Crippen LogP contribution in [0.15, 0.2) is 42.5 Å². The van der Waals surface area contributed by atoms with Crippen molar-refractivity contribution in [3.63, 3.8) is 0 Å². The average molecular weight is 442 g/mol. The van der Waals surface area contributed by atoms with Gasteiger partial charge in [0.05, 0.1) is 17.9 Å². The summed E-state index contributed by atoms with van der Waals surface area (Å²) in [6, 6.07) is 8.58. The van der Waals surface area contributed by atoms with Crippen molar-refractivity contribution in [3.05, 3.63) is 53.6 Å². The molecule has 1 saturated heterocycles. The van der Waals surface area contributed by atoms with Crippen LogP contribution in [0.5, 0.6) is 11.5 Å². The number of nitrogens with zero attached hydrogens (tertiary/aromatic N) is 1. The number of alkyl halides is 3. The van der Waals surface area contributed by atoms with E-state index in [0.717, 1.165) is 24.8 Å². The average Bonchev–Trinajstić information content (AvgIpc) is 3.11. The number of sulfonamides is 1. The van der Waals surface area contributed by atoms with E-state index in [2.05, 4.69) is 4.72 Å². The number of nitrogens with one attached hydrogen (secondary N) is 1. The predicted octanol–water partition coefficient (Wildman–Crippen LogP) is 4.55. The Morgan fingerprint density at radius 3 is 2.40 bits per heavy atom. The molecule has 10 heteroatoms. The van der Waals surface area contributed by atoms with Crippen LogP contribution in [-0.2, 0) is 21.0 Å². The van der Waals surface area contributed by atoms with Gasteiger partial charge in [-0.25, -0.2) is 8.42 Å². The smallest absolute Gasteiger partial charge is 0.416 e. The summed E-state index contributed by atoms with van der Waals surface area (Å²) in [6.45, 7) is 2.01. The highest BCUT2D eigenvalue weighted by molar-refractivity contribution is 7.92. The van der Waals surface area contributed by atoms with Crippen molar-refractivity contribution < 1.29 is 31.1 Å². The minimum Gasteiger partial charge on any atom is -0.457 e. The molecular formula is C20H21F3N2O4S. The molecule has 1 atom stereocenters. The lowest BCUT2D eigenvalue weighted by Crippen LogP contribution is -2.28. The highest BCUT2D eigenvalue weighted by Gasteiger charge is 2.32. The third-order valence-electron chi connectivity index (χ3n) is 4.74. The molecule has 0 bridgehead atoms. The summed E-state index contributed by atoms with van der Waals surface area (Å²) in [6.07, 6.45) is -2.00. The molecule has 3 rings (SSSR count). The minimum absolute atomic E-state index is 0.126. The summed E-state index contributed by atoms with van der Waals surface area (Å²) >= 11 is 0. The van der Waals surface area contributed by atoms with Crippen LogP contribution >= 0.6 is 0 Å². The number of carbonyl (C=O) groups excluding carboxylic acids is 1. The van der Waals surface area contributed by atoms with E-state index in [9.17, 15) is 26.4 Å². The van der Waals surface area contributed by atoms with Crippen molar-refractivity contribution in [2.75, 3.05) is 17.5 Å². The van der Waals surface area contributed by atoms with Crippen LogP contribution in [0.1, 0.15) is 36.9 Å². The van der Waals surface area contributed by atoms with Gasteiger partial charge in [-0.3, -0.25) is 9.52 Å². The summed E-state index contributed by atoms with van der Waals surface area (Å²) in [5.74, 6) is 0.409. The van der Waals surface area contributed by atoms with Gasteiger partial charge in [0, 0.05) is 24.7 Å². The van der Waals surface area contributed by atoms with Crippen LogP contribution in [0.2, 0.25) is 0 Å². The molecule has 0 saturated carbocycles. The first kappa shape index (κ1) is 21.9. The van der Waals surface area contributed by atoms with E-state index in [-0.39, 0.29) is 17.7 Å². The molecular weight excluding hydrogens is 421 g/mol. The number of amides is 1.